The lowest BCUT2D eigenvalue weighted by Crippen LogP contribution is -2.44. The first kappa shape index (κ1) is 90.0. The van der Waals surface area contributed by atoms with Crippen LogP contribution in [0, 0.1) is 0 Å². The minimum Gasteiger partial charge on any atom is -0.320 e. The number of likely N-dealkylation sites (N-methyl/N-ethyl adjacent to an activating group) is 5. The molecule has 0 fully saturated rings. The highest BCUT2D eigenvalue weighted by Gasteiger charge is 2.31. The fourth-order valence-electron chi connectivity index (χ4n) is 20.3. The maximum Gasteiger partial charge on any atom is 0.0644 e. The average molecular weight is 1780 g/mol. The van der Waals surface area contributed by atoms with Crippen molar-refractivity contribution < 1.29 is 0 Å². The van der Waals surface area contributed by atoms with Crippen LogP contribution in [0.5, 0.6) is 0 Å². The third-order valence-corrected chi connectivity index (χ3v) is 27.3. The maximum atomic E-state index is 4.37. The molecule has 0 radical (unpaired) electrons. The van der Waals surface area contributed by atoms with Crippen LogP contribution in [0.25, 0.3) is 139 Å². The van der Waals surface area contributed by atoms with E-state index < -0.39 is 0 Å². The van der Waals surface area contributed by atoms with Gasteiger partial charge in [-0.25, -0.2) is 0 Å². The molecule has 0 N–H and O–H groups in total. The molecule has 10 aromatic heterocycles. The van der Waals surface area contributed by atoms with Gasteiger partial charge < -0.3 is 51.9 Å². The molecule has 0 spiro atoms. The van der Waals surface area contributed by atoms with Crippen LogP contribution >= 0.6 is 0 Å². The van der Waals surface area contributed by atoms with Gasteiger partial charge in [-0.2, -0.15) is 0 Å². The first-order valence-corrected chi connectivity index (χ1v) is 47.8. The van der Waals surface area contributed by atoms with Crippen molar-refractivity contribution in [3.8, 4) is 0 Å². The third kappa shape index (κ3) is 20.4. The van der Waals surface area contributed by atoms with E-state index in [1.54, 1.807) is 6.20 Å². The Balaban J connectivity index is 0.000000104. The van der Waals surface area contributed by atoms with Crippen LogP contribution in [-0.4, -0.2) is 157 Å². The summed E-state index contributed by atoms with van der Waals surface area (Å²) in [5.41, 5.74) is 32.5. The van der Waals surface area contributed by atoms with Crippen molar-refractivity contribution in [1.82, 2.24) is 76.7 Å². The predicted octanol–water partition coefficient (Wildman–Crippen LogP) is 24.3. The Morgan fingerprint density at radius 2 is 0.489 bits per heavy atom. The molecule has 24 rings (SSSR count). The number of benzene rings is 8. The minimum absolute atomic E-state index is 0.201. The highest BCUT2D eigenvalue weighted by Crippen LogP contribution is 2.39. The number of nitrogens with zero attached hydrogens (tertiary/aromatic N) is 16. The monoisotopic (exact) mass is 1780 g/mol. The maximum absolute atomic E-state index is 4.37. The fourth-order valence-corrected chi connectivity index (χ4v) is 20.3. The second-order valence-corrected chi connectivity index (χ2v) is 37.5. The first-order valence-electron chi connectivity index (χ1n) is 47.8. The SMILES string of the molecule is CC(C)(C)N1CCc2c(c3ccccc3n2/C=C\c2cccnc2)C1.CN1CCc2c(c3ccccc3n2/C=C/c2ccccc2)C1.CN1CCc2c(c3ccccc3n2/C=C/c2ccccn2)C1.CN1CCc2c(c3ccccc3n2/C=C/c2ccncc2)C1.CN1CCc2c(c3ccccc3n2/C=C\c2ccccc2)C1.CN1CCc2c(c3ccccc3n2/C=C\c2cccnc2)C1. The molecular formula is C119H122N16. The van der Waals surface area contributed by atoms with E-state index in [0.29, 0.717) is 0 Å². The van der Waals surface area contributed by atoms with Gasteiger partial charge in [0.05, 0.1) is 38.8 Å². The first-order chi connectivity index (χ1) is 66.2. The van der Waals surface area contributed by atoms with Gasteiger partial charge in [0, 0.05) is 270 Å². The van der Waals surface area contributed by atoms with Crippen molar-refractivity contribution in [3.63, 3.8) is 0 Å². The summed E-state index contributed by atoms with van der Waals surface area (Å²) in [5.74, 6) is 0. The zero-order valence-electron chi connectivity index (χ0n) is 79.2. The highest BCUT2D eigenvalue weighted by atomic mass is 15.2. The zero-order valence-corrected chi connectivity index (χ0v) is 79.2. The van der Waals surface area contributed by atoms with Crippen LogP contribution in [0.1, 0.15) is 122 Å². The number of hydrogen-bond donors (Lipinski definition) is 0. The lowest BCUT2D eigenvalue weighted by Gasteiger charge is -2.38. The molecule has 678 valence electrons. The summed E-state index contributed by atoms with van der Waals surface area (Å²) in [7, 11) is 11.0. The number of hydrogen-bond acceptors (Lipinski definition) is 10. The Hall–Kier alpha value is -14.2. The molecule has 135 heavy (non-hydrogen) atoms. The summed E-state index contributed by atoms with van der Waals surface area (Å²) in [6, 6.07) is 91.5. The lowest BCUT2D eigenvalue weighted by atomic mass is 9.98. The van der Waals surface area contributed by atoms with Gasteiger partial charge in [-0.1, -0.05) is 188 Å². The van der Waals surface area contributed by atoms with Gasteiger partial charge in [-0.05, 0) is 226 Å². The summed E-state index contributed by atoms with van der Waals surface area (Å²) in [4.78, 5) is 31.4. The largest absolute Gasteiger partial charge is 0.320 e. The molecule has 0 atom stereocenters. The van der Waals surface area contributed by atoms with E-state index in [2.05, 4.69) is 425 Å². The van der Waals surface area contributed by atoms with E-state index in [0.717, 1.165) is 134 Å². The number of pyridine rings is 4. The molecule has 0 amide bonds. The molecule has 0 aliphatic carbocycles. The molecule has 0 unspecified atom stereocenters. The second kappa shape index (κ2) is 41.5. The molecule has 6 aliphatic rings. The topological polar surface area (TPSA) is 101 Å². The number of rotatable bonds is 12. The molecule has 0 saturated carbocycles. The summed E-state index contributed by atoms with van der Waals surface area (Å²) in [6.07, 6.45) is 45.6. The third-order valence-electron chi connectivity index (χ3n) is 27.3. The highest BCUT2D eigenvalue weighted by molar-refractivity contribution is 5.94. The smallest absolute Gasteiger partial charge is 0.0644 e. The number of fused-ring (bicyclic) bond motifs is 18. The molecule has 0 bridgehead atoms. The quantitative estimate of drug-likeness (QED) is 0.118. The summed E-state index contributed by atoms with van der Waals surface area (Å²) >= 11 is 0. The molecule has 8 aromatic carbocycles. The van der Waals surface area contributed by atoms with Gasteiger partial charge in [0.15, 0.2) is 0 Å². The van der Waals surface area contributed by atoms with E-state index in [1.165, 1.54) is 150 Å². The Morgan fingerprint density at radius 3 is 0.778 bits per heavy atom. The van der Waals surface area contributed by atoms with Crippen molar-refractivity contribution in [2.24, 2.45) is 0 Å². The van der Waals surface area contributed by atoms with Crippen molar-refractivity contribution >= 4 is 139 Å². The zero-order chi connectivity index (χ0) is 92.1. The van der Waals surface area contributed by atoms with Crippen LogP contribution in [0.3, 0.4) is 0 Å². The Kier molecular flexibility index (Phi) is 27.7. The predicted molar refractivity (Wildman–Crippen MR) is 567 cm³/mol. The van der Waals surface area contributed by atoms with Gasteiger partial charge in [0.25, 0.3) is 0 Å². The summed E-state index contributed by atoms with van der Waals surface area (Å²) in [5, 5.41) is 8.28. The van der Waals surface area contributed by atoms with Gasteiger partial charge >= 0.3 is 0 Å². The summed E-state index contributed by atoms with van der Waals surface area (Å²) < 4.78 is 14.2. The van der Waals surface area contributed by atoms with E-state index in [-0.39, 0.29) is 5.54 Å². The number of para-hydroxylation sites is 6. The standard InChI is InChI=1S/C22H25N3.2C20H20N2.3C19H19N3/c1-22(2,3)24-13-11-21-19(16-24)18-8-4-5-9-20(18)25(21)14-10-17-7-6-12-23-15-17;2*1-21-13-12-20-18(15-21)17-9-5-6-10-19(17)22(20)14-11-16-7-3-2-4-8-16;1-21-12-10-19-17(14-21)16-7-2-3-8-18(16)22(19)13-9-15-6-4-5-11-20-15;1-21-11-9-19-17(14-21)16-6-2-3-7-18(16)22(19)12-8-15-5-4-10-20-13-15;1-21-12-9-19-17(14-21)16-4-2-3-5-18(16)22(19)13-8-15-6-10-20-11-7-15/h4-10,12,14-15H,11,13,16H2,1-3H3;2*2-11,14H,12-13,15H2,1H3;2-9,11,13H,10,12,14H2,1H3;2-8,10,12-13H,9,11,14H2,1H3;2-8,10-11,13H,9,12,14H2,1H3/b14-10-;14-11+;14-11-;13-9+;12-8-;13-8+. The van der Waals surface area contributed by atoms with Gasteiger partial charge in [0.2, 0.25) is 0 Å². The Labute approximate surface area is 794 Å². The van der Waals surface area contributed by atoms with Crippen molar-refractivity contribution in [2.45, 2.75) is 104 Å². The van der Waals surface area contributed by atoms with Crippen LogP contribution in [0.4, 0.5) is 0 Å². The van der Waals surface area contributed by atoms with Crippen molar-refractivity contribution in [2.75, 3.05) is 74.5 Å². The molecule has 16 heteroatoms. The lowest BCUT2D eigenvalue weighted by molar-refractivity contribution is 0.120. The van der Waals surface area contributed by atoms with Crippen LogP contribution in [0.2, 0.25) is 0 Å². The van der Waals surface area contributed by atoms with Crippen LogP contribution in [0.15, 0.2) is 304 Å². The average Bonchev–Trinajstić information content (AvgIpc) is 1.64. The minimum atomic E-state index is 0.201. The Morgan fingerprint density at radius 1 is 0.230 bits per heavy atom. The van der Waals surface area contributed by atoms with Gasteiger partial charge in [-0.15, -0.1) is 0 Å². The van der Waals surface area contributed by atoms with Crippen LogP contribution < -0.4 is 0 Å². The molecule has 16 nitrogen and oxygen atoms in total. The normalized spacial score (nSPS) is 15.6. The van der Waals surface area contributed by atoms with Crippen LogP contribution in [-0.2, 0) is 77.8 Å². The molecule has 18 aromatic rings. The van der Waals surface area contributed by atoms with E-state index in [9.17, 15) is 0 Å². The second-order valence-electron chi connectivity index (χ2n) is 37.5. The van der Waals surface area contributed by atoms with Gasteiger partial charge in [-0.3, -0.25) is 24.8 Å². The van der Waals surface area contributed by atoms with E-state index in [4.69, 9.17) is 0 Å². The Bertz CT molecular complexity index is 6480. The van der Waals surface area contributed by atoms with E-state index >= 15 is 0 Å². The molecular weight excluding hydrogens is 1650 g/mol. The molecule has 16 heterocycles. The summed E-state index contributed by atoms with van der Waals surface area (Å²) in [6.45, 7) is 19.8. The van der Waals surface area contributed by atoms with Crippen molar-refractivity contribution in [1.29, 1.82) is 0 Å². The van der Waals surface area contributed by atoms with Gasteiger partial charge in [0.1, 0.15) is 0 Å². The number of aromatic nitrogens is 10. The van der Waals surface area contributed by atoms with E-state index in [1.807, 2.05) is 79.6 Å². The van der Waals surface area contributed by atoms with Crippen molar-refractivity contribution in [3.05, 3.63) is 405 Å². The fraction of sp³-hybridized carbons (Fsp3) is 0.227. The molecule has 6 aliphatic heterocycles. The molecule has 0 saturated heterocycles.